The Morgan fingerprint density at radius 2 is 1.91 bits per heavy atom. The fraction of sp³-hybridized carbons (Fsp3) is 0.647. The van der Waals surface area contributed by atoms with E-state index in [1.54, 1.807) is 0 Å². The highest BCUT2D eigenvalue weighted by Crippen LogP contribution is 2.27. The first-order chi connectivity index (χ1) is 10.6. The molecule has 0 radical (unpaired) electrons. The second kappa shape index (κ2) is 7.02. The minimum absolute atomic E-state index is 0.0272. The first-order valence-corrected chi connectivity index (χ1v) is 8.24. The molecule has 1 aliphatic carbocycles. The fourth-order valence-corrected chi connectivity index (χ4v) is 3.38. The predicted octanol–water partition coefficient (Wildman–Crippen LogP) is 2.60. The van der Waals surface area contributed by atoms with Gasteiger partial charge in [0, 0.05) is 24.2 Å². The third kappa shape index (κ3) is 3.65. The molecule has 2 fully saturated rings. The molecule has 0 aromatic heterocycles. The van der Waals surface area contributed by atoms with Gasteiger partial charge in [0.25, 0.3) is 0 Å². The SMILES string of the molecule is OC(CNC1CCN(C2CCC2)CC1)c1cc(F)ccc1F. The van der Waals surface area contributed by atoms with Gasteiger partial charge < -0.3 is 15.3 Å². The van der Waals surface area contributed by atoms with Crippen LogP contribution in [0.3, 0.4) is 0 Å². The second-order valence-electron chi connectivity index (χ2n) is 6.48. The number of likely N-dealkylation sites (tertiary alicyclic amines) is 1. The van der Waals surface area contributed by atoms with Gasteiger partial charge in [-0.15, -0.1) is 0 Å². The fourth-order valence-electron chi connectivity index (χ4n) is 3.38. The molecule has 2 aliphatic rings. The van der Waals surface area contributed by atoms with Crippen LogP contribution >= 0.6 is 0 Å². The second-order valence-corrected chi connectivity index (χ2v) is 6.48. The Morgan fingerprint density at radius 1 is 1.18 bits per heavy atom. The normalized spacial score (nSPS) is 22.5. The molecule has 2 N–H and O–H groups in total. The molecule has 122 valence electrons. The third-order valence-electron chi connectivity index (χ3n) is 5.04. The van der Waals surface area contributed by atoms with Crippen LogP contribution < -0.4 is 5.32 Å². The van der Waals surface area contributed by atoms with Crippen molar-refractivity contribution in [1.29, 1.82) is 0 Å². The molecule has 3 rings (SSSR count). The smallest absolute Gasteiger partial charge is 0.129 e. The largest absolute Gasteiger partial charge is 0.387 e. The van der Waals surface area contributed by atoms with Crippen molar-refractivity contribution in [3.8, 4) is 0 Å². The van der Waals surface area contributed by atoms with E-state index in [4.69, 9.17) is 0 Å². The number of nitrogens with one attached hydrogen (secondary N) is 1. The lowest BCUT2D eigenvalue weighted by atomic mass is 9.89. The predicted molar refractivity (Wildman–Crippen MR) is 81.6 cm³/mol. The lowest BCUT2D eigenvalue weighted by molar-refractivity contribution is 0.0874. The number of piperidine rings is 1. The minimum atomic E-state index is -1.01. The molecule has 1 heterocycles. The van der Waals surface area contributed by atoms with Gasteiger partial charge in [-0.1, -0.05) is 6.42 Å². The maximum absolute atomic E-state index is 13.6. The molecular weight excluding hydrogens is 286 g/mol. The van der Waals surface area contributed by atoms with E-state index in [0.717, 1.165) is 50.2 Å². The van der Waals surface area contributed by atoms with Crippen LogP contribution in [-0.4, -0.2) is 41.7 Å². The van der Waals surface area contributed by atoms with Crippen LogP contribution in [0.2, 0.25) is 0 Å². The molecule has 3 nitrogen and oxygen atoms in total. The number of rotatable bonds is 5. The van der Waals surface area contributed by atoms with Crippen LogP contribution in [-0.2, 0) is 0 Å². The van der Waals surface area contributed by atoms with Crippen LogP contribution in [0.1, 0.15) is 43.8 Å². The molecule has 22 heavy (non-hydrogen) atoms. The molecule has 0 bridgehead atoms. The van der Waals surface area contributed by atoms with Gasteiger partial charge in [-0.05, 0) is 57.0 Å². The highest BCUT2D eigenvalue weighted by molar-refractivity contribution is 5.21. The van der Waals surface area contributed by atoms with Crippen molar-refractivity contribution in [2.45, 2.75) is 50.3 Å². The third-order valence-corrected chi connectivity index (χ3v) is 5.04. The molecular formula is C17H24F2N2O. The lowest BCUT2D eigenvalue weighted by Crippen LogP contribution is -2.49. The van der Waals surface area contributed by atoms with Crippen molar-refractivity contribution >= 4 is 0 Å². The van der Waals surface area contributed by atoms with Gasteiger partial charge in [0.05, 0.1) is 6.10 Å². The molecule has 1 unspecified atom stereocenters. The molecule has 1 aliphatic heterocycles. The maximum atomic E-state index is 13.6. The van der Waals surface area contributed by atoms with E-state index in [2.05, 4.69) is 10.2 Å². The molecule has 0 spiro atoms. The summed E-state index contributed by atoms with van der Waals surface area (Å²) < 4.78 is 26.8. The van der Waals surface area contributed by atoms with Crippen LogP contribution in [0.4, 0.5) is 8.78 Å². The number of halogens is 2. The zero-order valence-corrected chi connectivity index (χ0v) is 12.8. The zero-order valence-electron chi connectivity index (χ0n) is 12.8. The topological polar surface area (TPSA) is 35.5 Å². The highest BCUT2D eigenvalue weighted by Gasteiger charge is 2.28. The van der Waals surface area contributed by atoms with Gasteiger partial charge in [-0.2, -0.15) is 0 Å². The van der Waals surface area contributed by atoms with E-state index < -0.39 is 17.7 Å². The summed E-state index contributed by atoms with van der Waals surface area (Å²) >= 11 is 0. The summed E-state index contributed by atoms with van der Waals surface area (Å²) in [4.78, 5) is 2.56. The molecule has 1 atom stereocenters. The van der Waals surface area contributed by atoms with Crippen molar-refractivity contribution in [2.24, 2.45) is 0 Å². The Balaban J connectivity index is 1.45. The summed E-state index contributed by atoms with van der Waals surface area (Å²) in [7, 11) is 0. The Hall–Kier alpha value is -1.04. The first-order valence-electron chi connectivity index (χ1n) is 8.24. The summed E-state index contributed by atoms with van der Waals surface area (Å²) in [6.07, 6.45) is 5.10. The average Bonchev–Trinajstić information content (AvgIpc) is 2.47. The maximum Gasteiger partial charge on any atom is 0.129 e. The molecule has 5 heteroatoms. The molecule has 1 saturated carbocycles. The minimum Gasteiger partial charge on any atom is -0.387 e. The van der Waals surface area contributed by atoms with Crippen molar-refractivity contribution < 1.29 is 13.9 Å². The van der Waals surface area contributed by atoms with Crippen LogP contribution in [0, 0.1) is 11.6 Å². The molecule has 1 aromatic carbocycles. The summed E-state index contributed by atoms with van der Waals surface area (Å²) in [5.41, 5.74) is 0.0272. The van der Waals surface area contributed by atoms with Crippen LogP contribution in [0.5, 0.6) is 0 Å². The van der Waals surface area contributed by atoms with Gasteiger partial charge in [0.15, 0.2) is 0 Å². The number of aliphatic hydroxyl groups excluding tert-OH is 1. The summed E-state index contributed by atoms with van der Waals surface area (Å²) in [6, 6.07) is 4.33. The summed E-state index contributed by atoms with van der Waals surface area (Å²) in [5.74, 6) is -1.08. The van der Waals surface area contributed by atoms with Crippen molar-refractivity contribution in [1.82, 2.24) is 10.2 Å². The van der Waals surface area contributed by atoms with E-state index in [0.29, 0.717) is 6.04 Å². The van der Waals surface area contributed by atoms with Gasteiger partial charge in [-0.3, -0.25) is 0 Å². The van der Waals surface area contributed by atoms with Crippen LogP contribution in [0.25, 0.3) is 0 Å². The zero-order chi connectivity index (χ0) is 15.5. The molecule has 1 aromatic rings. The number of aliphatic hydroxyl groups is 1. The van der Waals surface area contributed by atoms with Gasteiger partial charge >= 0.3 is 0 Å². The molecule has 0 amide bonds. The monoisotopic (exact) mass is 310 g/mol. The van der Waals surface area contributed by atoms with E-state index >= 15 is 0 Å². The van der Waals surface area contributed by atoms with Crippen molar-refractivity contribution in [2.75, 3.05) is 19.6 Å². The number of hydrogen-bond donors (Lipinski definition) is 2. The number of nitrogens with zero attached hydrogens (tertiary/aromatic N) is 1. The summed E-state index contributed by atoms with van der Waals surface area (Å²) in [6.45, 7) is 2.44. The Bertz CT molecular complexity index is 499. The first kappa shape index (κ1) is 15.8. The van der Waals surface area contributed by atoms with Crippen LogP contribution in [0.15, 0.2) is 18.2 Å². The Labute approximate surface area is 130 Å². The number of hydrogen-bond acceptors (Lipinski definition) is 3. The quantitative estimate of drug-likeness (QED) is 0.877. The van der Waals surface area contributed by atoms with Crippen molar-refractivity contribution in [3.05, 3.63) is 35.4 Å². The average molecular weight is 310 g/mol. The Morgan fingerprint density at radius 3 is 2.55 bits per heavy atom. The van der Waals surface area contributed by atoms with E-state index in [1.165, 1.54) is 19.3 Å². The van der Waals surface area contributed by atoms with Gasteiger partial charge in [0.1, 0.15) is 11.6 Å². The van der Waals surface area contributed by atoms with E-state index in [1.807, 2.05) is 0 Å². The van der Waals surface area contributed by atoms with Gasteiger partial charge in [0.2, 0.25) is 0 Å². The standard InChI is InChI=1S/C17H24F2N2O/c18-12-4-5-16(19)15(10-12)17(22)11-20-13-6-8-21(9-7-13)14-2-1-3-14/h4-5,10,13-14,17,20,22H,1-3,6-9,11H2. The molecule has 1 saturated heterocycles. The number of benzene rings is 1. The summed E-state index contributed by atoms with van der Waals surface area (Å²) in [5, 5.41) is 13.4. The Kier molecular flexibility index (Phi) is 5.06. The highest BCUT2D eigenvalue weighted by atomic mass is 19.1. The lowest BCUT2D eigenvalue weighted by Gasteiger charge is -2.42. The van der Waals surface area contributed by atoms with E-state index in [9.17, 15) is 13.9 Å². The van der Waals surface area contributed by atoms with Gasteiger partial charge in [-0.25, -0.2) is 8.78 Å². The van der Waals surface area contributed by atoms with Crippen molar-refractivity contribution in [3.63, 3.8) is 0 Å². The van der Waals surface area contributed by atoms with E-state index in [-0.39, 0.29) is 12.1 Å².